The van der Waals surface area contributed by atoms with E-state index in [2.05, 4.69) is 45.9 Å². The lowest BCUT2D eigenvalue weighted by Gasteiger charge is -2.39. The van der Waals surface area contributed by atoms with Gasteiger partial charge < -0.3 is 10.2 Å². The monoisotopic (exact) mass is 418 g/mol. The van der Waals surface area contributed by atoms with Crippen molar-refractivity contribution in [3.05, 3.63) is 53.0 Å². The largest absolute Gasteiger partial charge is 0.353 e. The highest BCUT2D eigenvalue weighted by Crippen LogP contribution is 2.54. The number of anilines is 3. The summed E-state index contributed by atoms with van der Waals surface area (Å²) in [6.45, 7) is 7.63. The van der Waals surface area contributed by atoms with Crippen LogP contribution in [0, 0.1) is 20.9 Å². The standard InChI is InChI=1S/C23H26N6O2/c1-22(2)10-16-11-23(3,12-22)13-28(16)21-19(29(30)31)20(25-14-26-21)27-17-8-4-6-15-7-5-9-24-18(15)17/h4-9,14,16H,10-13H2,1-3H3,(H,25,26,27). The van der Waals surface area contributed by atoms with E-state index in [0.29, 0.717) is 11.5 Å². The lowest BCUT2D eigenvalue weighted by molar-refractivity contribution is -0.383. The average Bonchev–Trinajstić information content (AvgIpc) is 2.96. The van der Waals surface area contributed by atoms with Crippen molar-refractivity contribution < 1.29 is 4.92 Å². The van der Waals surface area contributed by atoms with Gasteiger partial charge >= 0.3 is 5.69 Å². The molecule has 0 amide bonds. The topological polar surface area (TPSA) is 97.1 Å². The number of nitrogens with one attached hydrogen (secondary N) is 1. The van der Waals surface area contributed by atoms with Gasteiger partial charge in [-0.3, -0.25) is 15.1 Å². The number of hydrogen-bond acceptors (Lipinski definition) is 7. The van der Waals surface area contributed by atoms with Crippen molar-refractivity contribution in [2.24, 2.45) is 10.8 Å². The van der Waals surface area contributed by atoms with E-state index in [1.54, 1.807) is 6.20 Å². The third-order valence-corrected chi connectivity index (χ3v) is 6.56. The van der Waals surface area contributed by atoms with Gasteiger partial charge in [0.1, 0.15) is 6.33 Å². The first-order chi connectivity index (χ1) is 14.7. The Morgan fingerprint density at radius 3 is 2.74 bits per heavy atom. The van der Waals surface area contributed by atoms with E-state index < -0.39 is 0 Å². The fourth-order valence-corrected chi connectivity index (χ4v) is 5.88. The molecule has 2 unspecified atom stereocenters. The van der Waals surface area contributed by atoms with Crippen LogP contribution in [0.25, 0.3) is 10.9 Å². The second kappa shape index (κ2) is 6.87. The maximum Gasteiger partial charge on any atom is 0.353 e. The van der Waals surface area contributed by atoms with Gasteiger partial charge in [0, 0.05) is 24.2 Å². The van der Waals surface area contributed by atoms with Crippen LogP contribution >= 0.6 is 0 Å². The number of para-hydroxylation sites is 1. The highest BCUT2D eigenvalue weighted by Gasteiger charge is 2.51. The van der Waals surface area contributed by atoms with E-state index >= 15 is 0 Å². The molecule has 2 fully saturated rings. The van der Waals surface area contributed by atoms with Gasteiger partial charge in [-0.05, 0) is 42.2 Å². The summed E-state index contributed by atoms with van der Waals surface area (Å²) in [5.41, 5.74) is 1.69. The number of rotatable bonds is 4. The van der Waals surface area contributed by atoms with Gasteiger partial charge in [0.15, 0.2) is 0 Å². The smallest absolute Gasteiger partial charge is 0.347 e. The molecule has 8 heteroatoms. The second-order valence-electron chi connectivity index (χ2n) is 10.00. The Bertz CT molecular complexity index is 1170. The molecule has 3 aromatic rings. The average molecular weight is 419 g/mol. The highest BCUT2D eigenvalue weighted by molar-refractivity contribution is 5.92. The second-order valence-corrected chi connectivity index (χ2v) is 10.00. The number of nitrogens with zero attached hydrogens (tertiary/aromatic N) is 5. The zero-order valence-corrected chi connectivity index (χ0v) is 18.0. The number of benzene rings is 1. The number of aromatic nitrogens is 3. The third kappa shape index (κ3) is 3.45. The molecule has 1 N–H and O–H groups in total. The number of hydrogen-bond donors (Lipinski definition) is 1. The summed E-state index contributed by atoms with van der Waals surface area (Å²) in [4.78, 5) is 27.1. The van der Waals surface area contributed by atoms with E-state index in [0.717, 1.165) is 36.7 Å². The Hall–Kier alpha value is -3.29. The predicted octanol–water partition coefficient (Wildman–Crippen LogP) is 5.08. The molecule has 0 spiro atoms. The molecular weight excluding hydrogens is 392 g/mol. The molecule has 2 aliphatic rings. The Kier molecular flexibility index (Phi) is 4.35. The first kappa shape index (κ1) is 19.7. The Morgan fingerprint density at radius 1 is 1.13 bits per heavy atom. The van der Waals surface area contributed by atoms with Gasteiger partial charge in [-0.2, -0.15) is 0 Å². The van der Waals surface area contributed by atoms with Gasteiger partial charge in [0.2, 0.25) is 11.6 Å². The molecule has 8 nitrogen and oxygen atoms in total. The van der Waals surface area contributed by atoms with Gasteiger partial charge in [-0.25, -0.2) is 9.97 Å². The van der Waals surface area contributed by atoms with Crippen molar-refractivity contribution in [1.82, 2.24) is 15.0 Å². The summed E-state index contributed by atoms with van der Waals surface area (Å²) >= 11 is 0. The van der Waals surface area contributed by atoms with E-state index in [1.807, 2.05) is 30.3 Å². The van der Waals surface area contributed by atoms with Crippen LogP contribution in [0.15, 0.2) is 42.9 Å². The van der Waals surface area contributed by atoms with Crippen molar-refractivity contribution in [1.29, 1.82) is 0 Å². The van der Waals surface area contributed by atoms with Crippen molar-refractivity contribution in [2.75, 3.05) is 16.8 Å². The third-order valence-electron chi connectivity index (χ3n) is 6.56. The normalized spacial score (nSPS) is 24.4. The maximum atomic E-state index is 12.2. The fraction of sp³-hybridized carbons (Fsp3) is 0.435. The Balaban J connectivity index is 1.57. The van der Waals surface area contributed by atoms with Crippen LogP contribution in [0.2, 0.25) is 0 Å². The molecule has 1 saturated carbocycles. The summed E-state index contributed by atoms with van der Waals surface area (Å²) in [7, 11) is 0. The summed E-state index contributed by atoms with van der Waals surface area (Å²) in [6, 6.07) is 9.78. The van der Waals surface area contributed by atoms with Gasteiger partial charge in [0.05, 0.1) is 16.1 Å². The van der Waals surface area contributed by atoms with Gasteiger partial charge in [-0.1, -0.05) is 39.0 Å². The minimum Gasteiger partial charge on any atom is -0.347 e. The molecule has 3 heterocycles. The van der Waals surface area contributed by atoms with Crippen LogP contribution in [0.1, 0.15) is 40.0 Å². The molecule has 5 rings (SSSR count). The van der Waals surface area contributed by atoms with Gasteiger partial charge in [0.25, 0.3) is 0 Å². The minimum absolute atomic E-state index is 0.0793. The minimum atomic E-state index is -0.369. The molecule has 31 heavy (non-hydrogen) atoms. The van der Waals surface area contributed by atoms with Crippen LogP contribution in [0.3, 0.4) is 0 Å². The highest BCUT2D eigenvalue weighted by atomic mass is 16.6. The number of pyridine rings is 1. The molecule has 1 aromatic carbocycles. The summed E-state index contributed by atoms with van der Waals surface area (Å²) in [6.07, 6.45) is 6.27. The molecule has 2 aromatic heterocycles. The SMILES string of the molecule is CC1(C)CC2CC(C)(CN2c2ncnc(Nc3cccc4cccnc34)c2[N+](=O)[O-])C1. The molecule has 1 saturated heterocycles. The van der Waals surface area contributed by atoms with Crippen molar-refractivity contribution in [3.8, 4) is 0 Å². The van der Waals surface area contributed by atoms with Crippen LogP contribution in [-0.2, 0) is 0 Å². The van der Waals surface area contributed by atoms with E-state index in [4.69, 9.17) is 0 Å². The molecule has 2 bridgehead atoms. The van der Waals surface area contributed by atoms with E-state index in [1.165, 1.54) is 6.33 Å². The molecule has 160 valence electrons. The molecule has 1 aliphatic heterocycles. The van der Waals surface area contributed by atoms with E-state index in [9.17, 15) is 10.1 Å². The van der Waals surface area contributed by atoms with Crippen LogP contribution in [0.5, 0.6) is 0 Å². The number of fused-ring (bicyclic) bond motifs is 3. The lowest BCUT2D eigenvalue weighted by atomic mass is 9.65. The molecule has 1 aliphatic carbocycles. The maximum absolute atomic E-state index is 12.2. The first-order valence-corrected chi connectivity index (χ1v) is 10.6. The zero-order valence-electron chi connectivity index (χ0n) is 18.0. The van der Waals surface area contributed by atoms with Crippen LogP contribution < -0.4 is 10.2 Å². The fourth-order valence-electron chi connectivity index (χ4n) is 5.88. The summed E-state index contributed by atoms with van der Waals surface area (Å²) in [5, 5.41) is 16.3. The molecule has 0 radical (unpaired) electrons. The Morgan fingerprint density at radius 2 is 1.94 bits per heavy atom. The first-order valence-electron chi connectivity index (χ1n) is 10.6. The molecule has 2 atom stereocenters. The summed E-state index contributed by atoms with van der Waals surface area (Å²) < 4.78 is 0. The van der Waals surface area contributed by atoms with Crippen LogP contribution in [0.4, 0.5) is 23.0 Å². The van der Waals surface area contributed by atoms with Crippen molar-refractivity contribution in [3.63, 3.8) is 0 Å². The Labute approximate surface area is 180 Å². The summed E-state index contributed by atoms with van der Waals surface area (Å²) in [5.74, 6) is 0.598. The van der Waals surface area contributed by atoms with Gasteiger partial charge in [-0.15, -0.1) is 0 Å². The van der Waals surface area contributed by atoms with Crippen molar-refractivity contribution >= 4 is 33.9 Å². The predicted molar refractivity (Wildman–Crippen MR) is 121 cm³/mol. The number of nitro groups is 1. The van der Waals surface area contributed by atoms with Crippen molar-refractivity contribution in [2.45, 2.75) is 46.1 Å². The van der Waals surface area contributed by atoms with E-state index in [-0.39, 0.29) is 33.3 Å². The zero-order chi connectivity index (χ0) is 21.8. The quantitative estimate of drug-likeness (QED) is 0.466. The van der Waals surface area contributed by atoms with Crippen LogP contribution in [-0.4, -0.2) is 32.5 Å². The lowest BCUT2D eigenvalue weighted by Crippen LogP contribution is -2.35. The molecular formula is C23H26N6O2.